The van der Waals surface area contributed by atoms with Crippen LogP contribution in [0, 0.1) is 5.92 Å². The molecule has 0 saturated heterocycles. The minimum atomic E-state index is 0.593. The van der Waals surface area contributed by atoms with E-state index < -0.39 is 0 Å². The lowest BCUT2D eigenvalue weighted by molar-refractivity contribution is 0.584. The standard InChI is InChI=1S/C16H25N3/c1-3-8-17-15-10-14(12-6-7-12)18-16(19-15)13-5-4-11(2)9-13/h10-13H,3-9H2,1-2H3,(H,17,18,19). The molecule has 2 unspecified atom stereocenters. The van der Waals surface area contributed by atoms with Crippen LogP contribution in [-0.2, 0) is 0 Å². The summed E-state index contributed by atoms with van der Waals surface area (Å²) in [6.07, 6.45) is 7.62. The van der Waals surface area contributed by atoms with Crippen molar-refractivity contribution in [1.29, 1.82) is 0 Å². The van der Waals surface area contributed by atoms with Gasteiger partial charge in [-0.1, -0.05) is 13.8 Å². The average molecular weight is 259 g/mol. The van der Waals surface area contributed by atoms with Crippen LogP contribution in [0.5, 0.6) is 0 Å². The average Bonchev–Trinajstić information content (AvgIpc) is 3.18. The molecule has 104 valence electrons. The minimum absolute atomic E-state index is 0.593. The highest BCUT2D eigenvalue weighted by Crippen LogP contribution is 2.41. The zero-order valence-electron chi connectivity index (χ0n) is 12.2. The second kappa shape index (κ2) is 5.48. The van der Waals surface area contributed by atoms with Crippen molar-refractivity contribution in [3.63, 3.8) is 0 Å². The molecular formula is C16H25N3. The van der Waals surface area contributed by atoms with Gasteiger partial charge in [0.2, 0.25) is 0 Å². The maximum Gasteiger partial charge on any atom is 0.134 e. The summed E-state index contributed by atoms with van der Waals surface area (Å²) in [5.74, 6) is 4.30. The van der Waals surface area contributed by atoms with Gasteiger partial charge in [0.05, 0.1) is 0 Å². The number of hydrogen-bond donors (Lipinski definition) is 1. The Balaban J connectivity index is 1.82. The van der Waals surface area contributed by atoms with Crippen molar-refractivity contribution in [2.24, 2.45) is 5.92 Å². The SMILES string of the molecule is CCCNc1cc(C2CC2)nc(C2CCC(C)C2)n1. The summed E-state index contributed by atoms with van der Waals surface area (Å²) in [5, 5.41) is 3.44. The second-order valence-electron chi connectivity index (χ2n) is 6.35. The molecule has 1 aromatic rings. The third kappa shape index (κ3) is 3.07. The second-order valence-corrected chi connectivity index (χ2v) is 6.35. The van der Waals surface area contributed by atoms with Crippen molar-refractivity contribution in [1.82, 2.24) is 9.97 Å². The van der Waals surface area contributed by atoms with Crippen molar-refractivity contribution in [3.8, 4) is 0 Å². The van der Waals surface area contributed by atoms with Crippen molar-refractivity contribution >= 4 is 5.82 Å². The van der Waals surface area contributed by atoms with Gasteiger partial charge in [0, 0.05) is 30.1 Å². The van der Waals surface area contributed by atoms with Crippen LogP contribution in [0.1, 0.15) is 75.7 Å². The number of aromatic nitrogens is 2. The molecule has 2 atom stereocenters. The molecule has 1 heterocycles. The molecule has 1 aromatic heterocycles. The monoisotopic (exact) mass is 259 g/mol. The number of nitrogens with one attached hydrogen (secondary N) is 1. The first-order valence-corrected chi connectivity index (χ1v) is 7.89. The number of nitrogens with zero attached hydrogens (tertiary/aromatic N) is 2. The van der Waals surface area contributed by atoms with Gasteiger partial charge in [0.25, 0.3) is 0 Å². The van der Waals surface area contributed by atoms with E-state index in [2.05, 4.69) is 25.2 Å². The van der Waals surface area contributed by atoms with E-state index in [4.69, 9.17) is 9.97 Å². The predicted molar refractivity (Wildman–Crippen MR) is 78.5 cm³/mol. The van der Waals surface area contributed by atoms with E-state index in [1.54, 1.807) is 0 Å². The van der Waals surface area contributed by atoms with Crippen LogP contribution in [0.3, 0.4) is 0 Å². The van der Waals surface area contributed by atoms with E-state index in [0.717, 1.165) is 30.5 Å². The molecule has 3 rings (SSSR count). The Kier molecular flexibility index (Phi) is 3.72. The Bertz CT molecular complexity index is 440. The lowest BCUT2D eigenvalue weighted by Gasteiger charge is -2.13. The molecule has 2 aliphatic carbocycles. The fourth-order valence-electron chi connectivity index (χ4n) is 3.04. The Morgan fingerprint density at radius 2 is 1.95 bits per heavy atom. The van der Waals surface area contributed by atoms with Gasteiger partial charge in [0.15, 0.2) is 0 Å². The summed E-state index contributed by atoms with van der Waals surface area (Å²) < 4.78 is 0. The zero-order chi connectivity index (χ0) is 13.2. The molecule has 0 amide bonds. The normalized spacial score (nSPS) is 26.6. The van der Waals surface area contributed by atoms with Crippen LogP contribution in [0.15, 0.2) is 6.07 Å². The molecule has 0 aromatic carbocycles. The van der Waals surface area contributed by atoms with Crippen molar-refractivity contribution in [2.75, 3.05) is 11.9 Å². The fraction of sp³-hybridized carbons (Fsp3) is 0.750. The van der Waals surface area contributed by atoms with Crippen LogP contribution >= 0.6 is 0 Å². The Labute approximate surface area is 116 Å². The molecule has 0 aliphatic heterocycles. The maximum absolute atomic E-state index is 4.87. The highest BCUT2D eigenvalue weighted by molar-refractivity contribution is 5.38. The number of anilines is 1. The summed E-state index contributed by atoms with van der Waals surface area (Å²) in [6, 6.07) is 2.18. The van der Waals surface area contributed by atoms with Gasteiger partial charge in [-0.2, -0.15) is 0 Å². The molecule has 2 aliphatic rings. The first-order chi connectivity index (χ1) is 9.26. The quantitative estimate of drug-likeness (QED) is 0.865. The molecule has 0 bridgehead atoms. The molecule has 1 N–H and O–H groups in total. The third-order valence-corrected chi connectivity index (χ3v) is 4.37. The Morgan fingerprint density at radius 1 is 1.16 bits per heavy atom. The number of rotatable bonds is 5. The Morgan fingerprint density at radius 3 is 2.58 bits per heavy atom. The van der Waals surface area contributed by atoms with Crippen LogP contribution in [0.2, 0.25) is 0 Å². The summed E-state index contributed by atoms with van der Waals surface area (Å²) in [5.41, 5.74) is 1.28. The van der Waals surface area contributed by atoms with Crippen molar-refractivity contribution < 1.29 is 0 Å². The fourth-order valence-corrected chi connectivity index (χ4v) is 3.04. The largest absolute Gasteiger partial charge is 0.370 e. The van der Waals surface area contributed by atoms with E-state index in [1.165, 1.54) is 37.8 Å². The third-order valence-electron chi connectivity index (χ3n) is 4.37. The molecule has 3 heteroatoms. The molecule has 0 spiro atoms. The van der Waals surface area contributed by atoms with Crippen LogP contribution in [0.25, 0.3) is 0 Å². The van der Waals surface area contributed by atoms with Crippen LogP contribution < -0.4 is 5.32 Å². The van der Waals surface area contributed by atoms with Gasteiger partial charge < -0.3 is 5.32 Å². The molecule has 19 heavy (non-hydrogen) atoms. The predicted octanol–water partition coefficient (Wildman–Crippen LogP) is 4.08. The molecule has 2 saturated carbocycles. The van der Waals surface area contributed by atoms with Gasteiger partial charge in [-0.05, 0) is 44.4 Å². The lowest BCUT2D eigenvalue weighted by Crippen LogP contribution is -2.09. The van der Waals surface area contributed by atoms with Gasteiger partial charge in [-0.3, -0.25) is 0 Å². The van der Waals surface area contributed by atoms with Crippen molar-refractivity contribution in [3.05, 3.63) is 17.6 Å². The smallest absolute Gasteiger partial charge is 0.134 e. The summed E-state index contributed by atoms with van der Waals surface area (Å²) in [7, 11) is 0. The molecule has 0 radical (unpaired) electrons. The highest BCUT2D eigenvalue weighted by atomic mass is 15.0. The molecular weight excluding hydrogens is 234 g/mol. The van der Waals surface area contributed by atoms with E-state index in [0.29, 0.717) is 11.8 Å². The first-order valence-electron chi connectivity index (χ1n) is 7.89. The topological polar surface area (TPSA) is 37.8 Å². The zero-order valence-corrected chi connectivity index (χ0v) is 12.2. The summed E-state index contributed by atoms with van der Waals surface area (Å²) in [6.45, 7) is 5.54. The highest BCUT2D eigenvalue weighted by Gasteiger charge is 2.29. The Hall–Kier alpha value is -1.12. The van der Waals surface area contributed by atoms with E-state index in [1.807, 2.05) is 0 Å². The summed E-state index contributed by atoms with van der Waals surface area (Å²) >= 11 is 0. The first kappa shape index (κ1) is 12.9. The lowest BCUT2D eigenvalue weighted by atomic mass is 10.1. The van der Waals surface area contributed by atoms with Gasteiger partial charge in [-0.25, -0.2) is 9.97 Å². The van der Waals surface area contributed by atoms with E-state index in [-0.39, 0.29) is 0 Å². The van der Waals surface area contributed by atoms with Gasteiger partial charge >= 0.3 is 0 Å². The minimum Gasteiger partial charge on any atom is -0.370 e. The number of hydrogen-bond acceptors (Lipinski definition) is 3. The van der Waals surface area contributed by atoms with E-state index >= 15 is 0 Å². The van der Waals surface area contributed by atoms with E-state index in [9.17, 15) is 0 Å². The van der Waals surface area contributed by atoms with Crippen molar-refractivity contribution in [2.45, 2.75) is 64.2 Å². The maximum atomic E-state index is 4.87. The molecule has 2 fully saturated rings. The van der Waals surface area contributed by atoms with Gasteiger partial charge in [-0.15, -0.1) is 0 Å². The van der Waals surface area contributed by atoms with Gasteiger partial charge in [0.1, 0.15) is 11.6 Å². The molecule has 3 nitrogen and oxygen atoms in total. The van der Waals surface area contributed by atoms with Crippen LogP contribution in [-0.4, -0.2) is 16.5 Å². The van der Waals surface area contributed by atoms with Crippen LogP contribution in [0.4, 0.5) is 5.82 Å². The summed E-state index contributed by atoms with van der Waals surface area (Å²) in [4.78, 5) is 9.64.